The van der Waals surface area contributed by atoms with Crippen LogP contribution in [0.4, 0.5) is 0 Å². The lowest BCUT2D eigenvalue weighted by atomic mass is 9.99. The molecule has 0 aromatic heterocycles. The Balaban J connectivity index is 1.68. The van der Waals surface area contributed by atoms with Gasteiger partial charge in [0.2, 0.25) is 0 Å². The standard InChI is InChI=1S/C19H25BrO4/c20-13-16-10-8-15(9-11-16)4-1-2-5-17-6-3-7-18(23-14-21)12-19(22)24-17/h8-11,14,17-18H,1-7,12-13H2. The number of alkyl halides is 1. The number of hydrogen-bond acceptors (Lipinski definition) is 4. The molecule has 0 radical (unpaired) electrons. The van der Waals surface area contributed by atoms with Crippen LogP contribution in [0.15, 0.2) is 24.3 Å². The first kappa shape index (κ1) is 19.0. The molecule has 2 rings (SSSR count). The van der Waals surface area contributed by atoms with Crippen molar-refractivity contribution in [2.45, 2.75) is 68.9 Å². The van der Waals surface area contributed by atoms with E-state index in [1.165, 1.54) is 11.1 Å². The van der Waals surface area contributed by atoms with Crippen LogP contribution in [-0.4, -0.2) is 24.6 Å². The molecule has 0 bridgehead atoms. The molecule has 1 saturated heterocycles. The molecular formula is C19H25BrO4. The Morgan fingerprint density at radius 2 is 1.92 bits per heavy atom. The number of esters is 1. The van der Waals surface area contributed by atoms with E-state index in [1.807, 2.05) is 0 Å². The summed E-state index contributed by atoms with van der Waals surface area (Å²) in [6.45, 7) is 0.418. The van der Waals surface area contributed by atoms with Crippen molar-refractivity contribution in [2.24, 2.45) is 0 Å². The first-order valence-electron chi connectivity index (χ1n) is 8.63. The second kappa shape index (κ2) is 10.5. The number of halogens is 1. The highest BCUT2D eigenvalue weighted by molar-refractivity contribution is 9.08. The molecule has 1 aromatic carbocycles. The van der Waals surface area contributed by atoms with Crippen LogP contribution >= 0.6 is 15.9 Å². The van der Waals surface area contributed by atoms with Crippen LogP contribution in [0.2, 0.25) is 0 Å². The topological polar surface area (TPSA) is 52.6 Å². The Kier molecular flexibility index (Phi) is 8.29. The molecule has 1 heterocycles. The summed E-state index contributed by atoms with van der Waals surface area (Å²) in [7, 11) is 0. The van der Waals surface area contributed by atoms with Gasteiger partial charge in [-0.2, -0.15) is 0 Å². The number of ether oxygens (including phenoxy) is 2. The van der Waals surface area contributed by atoms with Crippen LogP contribution in [0.5, 0.6) is 0 Å². The normalized spacial score (nSPS) is 21.5. The molecule has 0 spiro atoms. The second-order valence-corrected chi connectivity index (χ2v) is 6.86. The van der Waals surface area contributed by atoms with Crippen LogP contribution in [0.3, 0.4) is 0 Å². The van der Waals surface area contributed by atoms with Crippen molar-refractivity contribution in [3.05, 3.63) is 35.4 Å². The summed E-state index contributed by atoms with van der Waals surface area (Å²) in [6, 6.07) is 8.66. The Morgan fingerprint density at radius 1 is 1.17 bits per heavy atom. The SMILES string of the molecule is O=COC1CCCC(CCCCc2ccc(CBr)cc2)OC(=O)C1. The van der Waals surface area contributed by atoms with E-state index < -0.39 is 0 Å². The predicted octanol–water partition coefficient (Wildman–Crippen LogP) is 4.32. The van der Waals surface area contributed by atoms with Gasteiger partial charge in [-0.1, -0.05) is 40.2 Å². The minimum atomic E-state index is -0.321. The van der Waals surface area contributed by atoms with Gasteiger partial charge in [0.1, 0.15) is 12.2 Å². The Bertz CT molecular complexity index is 515. The average Bonchev–Trinajstić information content (AvgIpc) is 2.57. The molecule has 1 aliphatic heterocycles. The number of carbonyl (C=O) groups is 2. The Labute approximate surface area is 152 Å². The quantitative estimate of drug-likeness (QED) is 0.284. The number of benzene rings is 1. The van der Waals surface area contributed by atoms with Crippen molar-refractivity contribution in [3.8, 4) is 0 Å². The van der Waals surface area contributed by atoms with Crippen LogP contribution in [0.1, 0.15) is 56.1 Å². The van der Waals surface area contributed by atoms with Gasteiger partial charge >= 0.3 is 5.97 Å². The number of unbranched alkanes of at least 4 members (excludes halogenated alkanes) is 1. The van der Waals surface area contributed by atoms with Crippen molar-refractivity contribution in [1.29, 1.82) is 0 Å². The van der Waals surface area contributed by atoms with Crippen LogP contribution in [0, 0.1) is 0 Å². The lowest BCUT2D eigenvalue weighted by Crippen LogP contribution is -2.27. The molecular weight excluding hydrogens is 372 g/mol. The average molecular weight is 397 g/mol. The summed E-state index contributed by atoms with van der Waals surface area (Å²) in [4.78, 5) is 22.2. The number of carbonyl (C=O) groups excluding carboxylic acids is 2. The van der Waals surface area contributed by atoms with E-state index in [9.17, 15) is 9.59 Å². The van der Waals surface area contributed by atoms with E-state index in [-0.39, 0.29) is 24.6 Å². The van der Waals surface area contributed by atoms with Crippen LogP contribution < -0.4 is 0 Å². The number of hydrogen-bond donors (Lipinski definition) is 0. The summed E-state index contributed by atoms with van der Waals surface area (Å²) < 4.78 is 10.4. The van der Waals surface area contributed by atoms with Gasteiger partial charge < -0.3 is 9.47 Å². The predicted molar refractivity (Wildman–Crippen MR) is 95.9 cm³/mol. The van der Waals surface area contributed by atoms with Gasteiger partial charge in [0.15, 0.2) is 0 Å². The Hall–Kier alpha value is -1.36. The maximum atomic E-state index is 11.8. The first-order chi connectivity index (χ1) is 11.7. The van der Waals surface area contributed by atoms with Gasteiger partial charge in [0.05, 0.1) is 6.42 Å². The van der Waals surface area contributed by atoms with Gasteiger partial charge in [-0.3, -0.25) is 9.59 Å². The highest BCUT2D eigenvalue weighted by Gasteiger charge is 2.23. The summed E-state index contributed by atoms with van der Waals surface area (Å²) in [6.07, 6.45) is 6.48. The van der Waals surface area contributed by atoms with Crippen LogP contribution in [-0.2, 0) is 30.8 Å². The van der Waals surface area contributed by atoms with Crippen molar-refractivity contribution in [2.75, 3.05) is 0 Å². The minimum absolute atomic E-state index is 0.00505. The summed E-state index contributed by atoms with van der Waals surface area (Å²) >= 11 is 3.45. The maximum Gasteiger partial charge on any atom is 0.309 e. The van der Waals surface area contributed by atoms with E-state index in [1.54, 1.807) is 0 Å². The zero-order chi connectivity index (χ0) is 17.2. The number of rotatable bonds is 8. The molecule has 5 heteroatoms. The van der Waals surface area contributed by atoms with Crippen molar-refractivity contribution >= 4 is 28.4 Å². The van der Waals surface area contributed by atoms with E-state index in [4.69, 9.17) is 9.47 Å². The largest absolute Gasteiger partial charge is 0.464 e. The molecule has 24 heavy (non-hydrogen) atoms. The highest BCUT2D eigenvalue weighted by Crippen LogP contribution is 2.21. The van der Waals surface area contributed by atoms with Crippen molar-refractivity contribution in [3.63, 3.8) is 0 Å². The fourth-order valence-electron chi connectivity index (χ4n) is 3.05. The highest BCUT2D eigenvalue weighted by atomic mass is 79.9. The first-order valence-corrected chi connectivity index (χ1v) is 9.75. The summed E-state index contributed by atoms with van der Waals surface area (Å²) in [5.74, 6) is -0.253. The second-order valence-electron chi connectivity index (χ2n) is 6.30. The van der Waals surface area contributed by atoms with E-state index in [0.717, 1.165) is 50.3 Å². The molecule has 132 valence electrons. The fourth-order valence-corrected chi connectivity index (χ4v) is 3.42. The van der Waals surface area contributed by atoms with Gasteiger partial charge in [0, 0.05) is 5.33 Å². The molecule has 4 nitrogen and oxygen atoms in total. The third-order valence-corrected chi connectivity index (χ3v) is 5.06. The van der Waals surface area contributed by atoms with Gasteiger partial charge in [-0.25, -0.2) is 0 Å². The lowest BCUT2D eigenvalue weighted by molar-refractivity contribution is -0.156. The molecule has 0 amide bonds. The third-order valence-electron chi connectivity index (χ3n) is 4.41. The monoisotopic (exact) mass is 396 g/mol. The smallest absolute Gasteiger partial charge is 0.309 e. The molecule has 0 saturated carbocycles. The number of cyclic esters (lactones) is 1. The molecule has 0 N–H and O–H groups in total. The van der Waals surface area contributed by atoms with Gasteiger partial charge in [-0.15, -0.1) is 0 Å². The van der Waals surface area contributed by atoms with Gasteiger partial charge in [-0.05, 0) is 56.1 Å². The summed E-state index contributed by atoms with van der Waals surface area (Å²) in [5, 5.41) is 0.888. The third kappa shape index (κ3) is 6.63. The fraction of sp³-hybridized carbons (Fsp3) is 0.579. The molecule has 1 fully saturated rings. The zero-order valence-corrected chi connectivity index (χ0v) is 15.5. The summed E-state index contributed by atoms with van der Waals surface area (Å²) in [5.41, 5.74) is 2.64. The molecule has 2 atom stereocenters. The molecule has 2 unspecified atom stereocenters. The van der Waals surface area contributed by atoms with Gasteiger partial charge in [0.25, 0.3) is 6.47 Å². The van der Waals surface area contributed by atoms with E-state index in [0.29, 0.717) is 6.47 Å². The van der Waals surface area contributed by atoms with Crippen molar-refractivity contribution in [1.82, 2.24) is 0 Å². The Morgan fingerprint density at radius 3 is 2.62 bits per heavy atom. The lowest BCUT2D eigenvalue weighted by Gasteiger charge is -2.24. The molecule has 1 aromatic rings. The van der Waals surface area contributed by atoms with E-state index >= 15 is 0 Å². The zero-order valence-electron chi connectivity index (χ0n) is 13.9. The maximum absolute atomic E-state index is 11.8. The molecule has 0 aliphatic carbocycles. The number of aryl methyl sites for hydroxylation is 1. The minimum Gasteiger partial charge on any atom is -0.464 e. The van der Waals surface area contributed by atoms with Crippen molar-refractivity contribution < 1.29 is 19.1 Å². The van der Waals surface area contributed by atoms with Crippen LogP contribution in [0.25, 0.3) is 0 Å². The molecule has 1 aliphatic rings. The van der Waals surface area contributed by atoms with E-state index in [2.05, 4.69) is 40.2 Å².